The van der Waals surface area contributed by atoms with Gasteiger partial charge < -0.3 is 11.6 Å². The monoisotopic (exact) mass is 127 g/mol. The summed E-state index contributed by atoms with van der Waals surface area (Å²) in [5.41, 5.74) is 5.48. The molecule has 1 aliphatic rings. The quantitative estimate of drug-likeness (QED) is 0.242. The molecule has 1 atom stereocenters. The van der Waals surface area contributed by atoms with E-state index >= 15 is 0 Å². The van der Waals surface area contributed by atoms with Crippen molar-refractivity contribution in [2.24, 2.45) is 28.5 Å². The van der Waals surface area contributed by atoms with E-state index in [9.17, 15) is 0 Å². The summed E-state index contributed by atoms with van der Waals surface area (Å²) in [5.74, 6) is 6.76. The van der Waals surface area contributed by atoms with Gasteiger partial charge in [0.2, 0.25) is 0 Å². The molecule has 4 N–H and O–H groups in total. The first-order valence-corrected chi connectivity index (χ1v) is 3.29. The number of hydrogen-bond donors (Lipinski definition) is 2. The van der Waals surface area contributed by atoms with Crippen LogP contribution in [0.2, 0.25) is 0 Å². The molecule has 1 aliphatic carbocycles. The summed E-state index contributed by atoms with van der Waals surface area (Å²) in [6.45, 7) is 2.07. The molecule has 0 spiro atoms. The lowest BCUT2D eigenvalue weighted by atomic mass is 10.1. The van der Waals surface area contributed by atoms with Crippen LogP contribution >= 0.6 is 0 Å². The maximum atomic E-state index is 5.48. The lowest BCUT2D eigenvalue weighted by Crippen LogP contribution is -2.24. The maximum Gasteiger partial charge on any atom is 0.122 e. The number of hydrogen-bond acceptors (Lipinski definition) is 2. The summed E-state index contributed by atoms with van der Waals surface area (Å²) in [6.07, 6.45) is 2.58. The lowest BCUT2D eigenvalue weighted by Gasteiger charge is -2.05. The van der Waals surface area contributed by atoms with Crippen LogP contribution < -0.4 is 11.6 Å². The van der Waals surface area contributed by atoms with Gasteiger partial charge >= 0.3 is 0 Å². The van der Waals surface area contributed by atoms with Crippen LogP contribution in [0.15, 0.2) is 5.10 Å². The molecule has 0 aromatic carbocycles. The minimum absolute atomic E-state index is 0.398. The normalized spacial score (nSPS) is 23.9. The molecule has 52 valence electrons. The summed E-state index contributed by atoms with van der Waals surface area (Å²) in [5, 5.41) is 3.44. The van der Waals surface area contributed by atoms with Crippen molar-refractivity contribution in [3.8, 4) is 0 Å². The van der Waals surface area contributed by atoms with E-state index in [1.165, 1.54) is 12.8 Å². The summed E-state index contributed by atoms with van der Waals surface area (Å²) >= 11 is 0. The molecular weight excluding hydrogens is 114 g/mol. The fraction of sp³-hybridized carbons (Fsp3) is 0.833. The Morgan fingerprint density at radius 2 is 2.22 bits per heavy atom. The van der Waals surface area contributed by atoms with Gasteiger partial charge in [-0.05, 0) is 18.8 Å². The Morgan fingerprint density at radius 3 is 2.56 bits per heavy atom. The van der Waals surface area contributed by atoms with Gasteiger partial charge in [-0.3, -0.25) is 0 Å². The Labute approximate surface area is 55.1 Å². The predicted octanol–water partition coefficient (Wildman–Crippen LogP) is 0.263. The van der Waals surface area contributed by atoms with Gasteiger partial charge in [-0.2, -0.15) is 5.10 Å². The van der Waals surface area contributed by atoms with E-state index in [0.717, 1.165) is 5.92 Å². The maximum absolute atomic E-state index is 5.48. The van der Waals surface area contributed by atoms with Gasteiger partial charge in [-0.25, -0.2) is 0 Å². The van der Waals surface area contributed by atoms with Crippen molar-refractivity contribution in [1.29, 1.82) is 0 Å². The molecule has 1 unspecified atom stereocenters. The van der Waals surface area contributed by atoms with E-state index in [-0.39, 0.29) is 0 Å². The van der Waals surface area contributed by atoms with E-state index in [1.807, 2.05) is 0 Å². The van der Waals surface area contributed by atoms with E-state index in [2.05, 4.69) is 12.0 Å². The van der Waals surface area contributed by atoms with E-state index in [1.54, 1.807) is 0 Å². The van der Waals surface area contributed by atoms with Crippen molar-refractivity contribution < 1.29 is 0 Å². The van der Waals surface area contributed by atoms with Gasteiger partial charge in [0.15, 0.2) is 0 Å². The molecule has 9 heavy (non-hydrogen) atoms. The molecule has 0 radical (unpaired) electrons. The fourth-order valence-electron chi connectivity index (χ4n) is 0.955. The van der Waals surface area contributed by atoms with Crippen LogP contribution in [0, 0.1) is 11.8 Å². The lowest BCUT2D eigenvalue weighted by molar-refractivity contribution is 0.657. The van der Waals surface area contributed by atoms with Gasteiger partial charge in [-0.1, -0.05) is 6.92 Å². The Bertz CT molecular complexity index is 126. The summed E-state index contributed by atoms with van der Waals surface area (Å²) in [7, 11) is 0. The molecule has 1 saturated carbocycles. The second-order valence-electron chi connectivity index (χ2n) is 2.68. The number of hydrazone groups is 1. The zero-order chi connectivity index (χ0) is 6.85. The Balaban J connectivity index is 2.40. The number of nitrogens with two attached hydrogens (primary N) is 2. The smallest absolute Gasteiger partial charge is 0.122 e. The zero-order valence-corrected chi connectivity index (χ0v) is 5.67. The van der Waals surface area contributed by atoms with Crippen LogP contribution in [0.1, 0.15) is 19.8 Å². The first kappa shape index (κ1) is 6.39. The Hall–Kier alpha value is -0.730. The van der Waals surface area contributed by atoms with E-state index in [0.29, 0.717) is 11.8 Å². The van der Waals surface area contributed by atoms with E-state index in [4.69, 9.17) is 11.6 Å². The minimum atomic E-state index is 0.398. The van der Waals surface area contributed by atoms with Gasteiger partial charge in [0.05, 0.1) is 0 Å². The Morgan fingerprint density at radius 1 is 1.67 bits per heavy atom. The van der Waals surface area contributed by atoms with Crippen LogP contribution in [0.25, 0.3) is 0 Å². The third kappa shape index (κ3) is 1.34. The molecule has 0 bridgehead atoms. The molecule has 0 aromatic heterocycles. The minimum Gasteiger partial charge on any atom is -0.386 e. The van der Waals surface area contributed by atoms with Gasteiger partial charge in [0, 0.05) is 5.92 Å². The predicted molar refractivity (Wildman–Crippen MR) is 37.7 cm³/mol. The average molecular weight is 127 g/mol. The second-order valence-corrected chi connectivity index (χ2v) is 2.68. The summed E-state index contributed by atoms with van der Waals surface area (Å²) < 4.78 is 0. The van der Waals surface area contributed by atoms with Gasteiger partial charge in [0.25, 0.3) is 0 Å². The van der Waals surface area contributed by atoms with Crippen molar-refractivity contribution in [1.82, 2.24) is 0 Å². The van der Waals surface area contributed by atoms with Crippen LogP contribution in [0.5, 0.6) is 0 Å². The van der Waals surface area contributed by atoms with Crippen LogP contribution in [0.3, 0.4) is 0 Å². The topological polar surface area (TPSA) is 64.4 Å². The number of rotatable bonds is 2. The molecule has 1 fully saturated rings. The van der Waals surface area contributed by atoms with Gasteiger partial charge in [-0.15, -0.1) is 0 Å². The highest BCUT2D eigenvalue weighted by Gasteiger charge is 2.29. The van der Waals surface area contributed by atoms with E-state index < -0.39 is 0 Å². The summed E-state index contributed by atoms with van der Waals surface area (Å²) in [6, 6.07) is 0. The third-order valence-corrected chi connectivity index (χ3v) is 1.94. The zero-order valence-electron chi connectivity index (χ0n) is 5.67. The highest BCUT2D eigenvalue weighted by molar-refractivity contribution is 5.82. The van der Waals surface area contributed by atoms with Crippen molar-refractivity contribution in [2.75, 3.05) is 0 Å². The highest BCUT2D eigenvalue weighted by Crippen LogP contribution is 2.36. The van der Waals surface area contributed by atoms with Gasteiger partial charge in [0.1, 0.15) is 5.84 Å². The first-order valence-electron chi connectivity index (χ1n) is 3.29. The first-order chi connectivity index (χ1) is 4.25. The van der Waals surface area contributed by atoms with Crippen molar-refractivity contribution in [3.63, 3.8) is 0 Å². The standard InChI is InChI=1S/C6H13N3/c1-4(5-2-3-5)6(7)9-8/h4-5H,2-3,8H2,1H3,(H2,7,9). The Kier molecular flexibility index (Phi) is 1.60. The molecule has 0 amide bonds. The third-order valence-electron chi connectivity index (χ3n) is 1.94. The van der Waals surface area contributed by atoms with Crippen LogP contribution in [-0.4, -0.2) is 5.84 Å². The molecule has 0 aromatic rings. The van der Waals surface area contributed by atoms with Crippen LogP contribution in [0.4, 0.5) is 0 Å². The summed E-state index contributed by atoms with van der Waals surface area (Å²) in [4.78, 5) is 0. The molecule has 0 heterocycles. The average Bonchev–Trinajstić information content (AvgIpc) is 2.66. The fourth-order valence-corrected chi connectivity index (χ4v) is 0.955. The molecule has 3 heteroatoms. The largest absolute Gasteiger partial charge is 0.386 e. The second kappa shape index (κ2) is 2.25. The molecular formula is C6H13N3. The number of amidine groups is 1. The molecule has 3 nitrogen and oxygen atoms in total. The highest BCUT2D eigenvalue weighted by atomic mass is 15.2. The van der Waals surface area contributed by atoms with Crippen LogP contribution in [-0.2, 0) is 0 Å². The van der Waals surface area contributed by atoms with Crippen molar-refractivity contribution >= 4 is 5.84 Å². The SMILES string of the molecule is CC(C(N)=NN)C1CC1. The molecule has 1 rings (SSSR count). The molecule has 0 saturated heterocycles. The van der Waals surface area contributed by atoms with Crippen molar-refractivity contribution in [3.05, 3.63) is 0 Å². The molecule has 0 aliphatic heterocycles. The van der Waals surface area contributed by atoms with Crippen molar-refractivity contribution in [2.45, 2.75) is 19.8 Å². The number of nitrogens with zero attached hydrogens (tertiary/aromatic N) is 1.